The number of aromatic nitrogens is 1. The zero-order valence-corrected chi connectivity index (χ0v) is 11.3. The van der Waals surface area contributed by atoms with Gasteiger partial charge in [0.25, 0.3) is 0 Å². The third kappa shape index (κ3) is 2.68. The molecule has 0 amide bonds. The van der Waals surface area contributed by atoms with Crippen LogP contribution in [0, 0.1) is 0 Å². The third-order valence-corrected chi connectivity index (χ3v) is 4.68. The van der Waals surface area contributed by atoms with Gasteiger partial charge in [0.05, 0.1) is 12.1 Å². The molecule has 1 aromatic carbocycles. The Morgan fingerprint density at radius 3 is 2.89 bits per heavy atom. The number of nitrogens with zero attached hydrogens (tertiary/aromatic N) is 1. The summed E-state index contributed by atoms with van der Waals surface area (Å²) in [6.45, 7) is 0. The Bertz CT molecular complexity index is 591. The Morgan fingerprint density at radius 2 is 2.16 bits per heavy atom. The molecule has 0 bridgehead atoms. The Labute approximate surface area is 115 Å². The van der Waals surface area contributed by atoms with E-state index in [2.05, 4.69) is 29.2 Å². The zero-order chi connectivity index (χ0) is 13.2. The van der Waals surface area contributed by atoms with E-state index in [0.29, 0.717) is 5.92 Å². The molecule has 0 saturated carbocycles. The molecule has 3 nitrogen and oxygen atoms in total. The maximum absolute atomic E-state index is 10.7. The highest BCUT2D eigenvalue weighted by atomic mass is 32.1. The van der Waals surface area contributed by atoms with Gasteiger partial charge >= 0.3 is 5.97 Å². The van der Waals surface area contributed by atoms with Gasteiger partial charge in [-0.3, -0.25) is 4.79 Å². The highest BCUT2D eigenvalue weighted by molar-refractivity contribution is 7.11. The summed E-state index contributed by atoms with van der Waals surface area (Å²) in [6, 6.07) is 10.5. The van der Waals surface area contributed by atoms with E-state index < -0.39 is 5.97 Å². The van der Waals surface area contributed by atoms with Crippen molar-refractivity contribution in [1.29, 1.82) is 0 Å². The van der Waals surface area contributed by atoms with E-state index in [9.17, 15) is 4.79 Å². The van der Waals surface area contributed by atoms with Gasteiger partial charge in [-0.05, 0) is 30.7 Å². The summed E-state index contributed by atoms with van der Waals surface area (Å²) in [5.41, 5.74) is 2.50. The first-order valence-corrected chi connectivity index (χ1v) is 7.28. The van der Waals surface area contributed by atoms with Crippen molar-refractivity contribution in [3.05, 3.63) is 51.5 Å². The van der Waals surface area contributed by atoms with Crippen molar-refractivity contribution >= 4 is 17.3 Å². The van der Waals surface area contributed by atoms with Gasteiger partial charge in [-0.2, -0.15) is 0 Å². The zero-order valence-electron chi connectivity index (χ0n) is 10.5. The lowest BCUT2D eigenvalue weighted by molar-refractivity contribution is -0.136. The second-order valence-corrected chi connectivity index (χ2v) is 6.07. The van der Waals surface area contributed by atoms with Gasteiger partial charge in [0, 0.05) is 4.88 Å². The van der Waals surface area contributed by atoms with E-state index in [-0.39, 0.29) is 6.42 Å². The number of carboxylic acid groups (broad SMARTS) is 1. The number of benzene rings is 1. The van der Waals surface area contributed by atoms with E-state index in [1.165, 1.54) is 10.4 Å². The van der Waals surface area contributed by atoms with Gasteiger partial charge in [-0.15, -0.1) is 11.3 Å². The first-order chi connectivity index (χ1) is 9.22. The van der Waals surface area contributed by atoms with Crippen LogP contribution in [0.15, 0.2) is 30.3 Å². The van der Waals surface area contributed by atoms with Gasteiger partial charge in [0.1, 0.15) is 5.01 Å². The van der Waals surface area contributed by atoms with Crippen LogP contribution < -0.4 is 0 Å². The lowest BCUT2D eigenvalue weighted by Gasteiger charge is -2.21. The van der Waals surface area contributed by atoms with Crippen LogP contribution in [0.2, 0.25) is 0 Å². The van der Waals surface area contributed by atoms with E-state index in [1.807, 2.05) is 6.07 Å². The maximum atomic E-state index is 10.7. The van der Waals surface area contributed by atoms with Crippen molar-refractivity contribution in [2.75, 3.05) is 0 Å². The van der Waals surface area contributed by atoms with Gasteiger partial charge < -0.3 is 5.11 Å². The SMILES string of the molecule is O=C(O)Cc1nc2c(s1)CC(c1ccccc1)CC2. The maximum Gasteiger partial charge on any atom is 0.310 e. The molecule has 2 aromatic rings. The third-order valence-electron chi connectivity index (χ3n) is 3.56. The molecule has 1 unspecified atom stereocenters. The second-order valence-electron chi connectivity index (χ2n) is 4.90. The molecule has 4 heteroatoms. The fourth-order valence-corrected chi connectivity index (χ4v) is 3.83. The van der Waals surface area contributed by atoms with Crippen LogP contribution in [0.5, 0.6) is 0 Å². The molecule has 3 rings (SSSR count). The number of aliphatic carboxylic acids is 1. The number of thiazole rings is 1. The summed E-state index contributed by atoms with van der Waals surface area (Å²) in [6.07, 6.45) is 3.11. The molecule has 0 spiro atoms. The summed E-state index contributed by atoms with van der Waals surface area (Å²) in [5.74, 6) is -0.252. The van der Waals surface area contributed by atoms with Crippen LogP contribution in [0.1, 0.15) is 33.5 Å². The normalized spacial score (nSPS) is 18.0. The number of rotatable bonds is 3. The summed E-state index contributed by atoms with van der Waals surface area (Å²) in [7, 11) is 0. The smallest absolute Gasteiger partial charge is 0.310 e. The van der Waals surface area contributed by atoms with Crippen molar-refractivity contribution < 1.29 is 9.90 Å². The van der Waals surface area contributed by atoms with Crippen LogP contribution in [0.25, 0.3) is 0 Å². The minimum absolute atomic E-state index is 0.0493. The molecule has 1 aromatic heterocycles. The lowest BCUT2D eigenvalue weighted by Crippen LogP contribution is -2.11. The van der Waals surface area contributed by atoms with Crippen LogP contribution >= 0.6 is 11.3 Å². The minimum atomic E-state index is -0.800. The van der Waals surface area contributed by atoms with Gasteiger partial charge in [-0.25, -0.2) is 4.98 Å². The van der Waals surface area contributed by atoms with Crippen molar-refractivity contribution in [2.45, 2.75) is 31.6 Å². The number of aryl methyl sites for hydroxylation is 1. The molecule has 0 saturated heterocycles. The van der Waals surface area contributed by atoms with Gasteiger partial charge in [0.2, 0.25) is 0 Å². The Morgan fingerprint density at radius 1 is 1.37 bits per heavy atom. The monoisotopic (exact) mass is 273 g/mol. The summed E-state index contributed by atoms with van der Waals surface area (Å²) in [5, 5.41) is 9.57. The number of carbonyl (C=O) groups is 1. The van der Waals surface area contributed by atoms with E-state index in [4.69, 9.17) is 5.11 Å². The second kappa shape index (κ2) is 5.13. The highest BCUT2D eigenvalue weighted by Gasteiger charge is 2.23. The first-order valence-electron chi connectivity index (χ1n) is 6.46. The van der Waals surface area contributed by atoms with Crippen molar-refractivity contribution in [3.8, 4) is 0 Å². The molecular formula is C15H15NO2S. The molecular weight excluding hydrogens is 258 g/mol. The topological polar surface area (TPSA) is 50.2 Å². The largest absolute Gasteiger partial charge is 0.481 e. The van der Waals surface area contributed by atoms with Crippen molar-refractivity contribution in [3.63, 3.8) is 0 Å². The summed E-state index contributed by atoms with van der Waals surface area (Å²) < 4.78 is 0. The fraction of sp³-hybridized carbons (Fsp3) is 0.333. The molecule has 1 aliphatic carbocycles. The van der Waals surface area contributed by atoms with Crippen molar-refractivity contribution in [2.24, 2.45) is 0 Å². The van der Waals surface area contributed by atoms with Crippen LogP contribution in [0.4, 0.5) is 0 Å². The average Bonchev–Trinajstić information content (AvgIpc) is 2.79. The molecule has 1 N–H and O–H groups in total. The lowest BCUT2D eigenvalue weighted by atomic mass is 9.85. The standard InChI is InChI=1S/C15H15NO2S/c17-15(18)9-14-16-12-7-6-11(8-13(12)19-14)10-4-2-1-3-5-10/h1-5,11H,6-9H2,(H,17,18). The highest BCUT2D eigenvalue weighted by Crippen LogP contribution is 2.35. The summed E-state index contributed by atoms with van der Waals surface area (Å²) in [4.78, 5) is 16.5. The number of hydrogen-bond donors (Lipinski definition) is 1. The molecule has 1 atom stereocenters. The predicted octanol–water partition coefficient (Wildman–Crippen LogP) is 3.04. The van der Waals surface area contributed by atoms with Crippen LogP contribution in [0.3, 0.4) is 0 Å². The van der Waals surface area contributed by atoms with E-state index in [1.54, 1.807) is 11.3 Å². The first kappa shape index (κ1) is 12.4. The molecule has 0 fully saturated rings. The van der Waals surface area contributed by atoms with E-state index >= 15 is 0 Å². The minimum Gasteiger partial charge on any atom is -0.481 e. The van der Waals surface area contributed by atoms with E-state index in [0.717, 1.165) is 30.0 Å². The van der Waals surface area contributed by atoms with Gasteiger partial charge in [0.15, 0.2) is 0 Å². The molecule has 19 heavy (non-hydrogen) atoms. The Balaban J connectivity index is 1.80. The Hall–Kier alpha value is -1.68. The Kier molecular flexibility index (Phi) is 3.34. The van der Waals surface area contributed by atoms with Crippen LogP contribution in [-0.2, 0) is 24.1 Å². The van der Waals surface area contributed by atoms with Crippen molar-refractivity contribution in [1.82, 2.24) is 4.98 Å². The number of fused-ring (bicyclic) bond motifs is 1. The number of hydrogen-bond acceptors (Lipinski definition) is 3. The summed E-state index contributed by atoms with van der Waals surface area (Å²) >= 11 is 1.57. The molecule has 0 radical (unpaired) electrons. The molecule has 98 valence electrons. The average molecular weight is 273 g/mol. The molecule has 0 aliphatic heterocycles. The fourth-order valence-electron chi connectivity index (χ4n) is 2.64. The predicted molar refractivity (Wildman–Crippen MR) is 74.7 cm³/mol. The molecule has 1 aliphatic rings. The quantitative estimate of drug-likeness (QED) is 0.935. The van der Waals surface area contributed by atoms with Crippen LogP contribution in [-0.4, -0.2) is 16.1 Å². The number of carboxylic acids is 1. The molecule has 1 heterocycles. The van der Waals surface area contributed by atoms with Gasteiger partial charge in [-0.1, -0.05) is 30.3 Å².